The molecule has 0 amide bonds. The van der Waals surface area contributed by atoms with Gasteiger partial charge in [-0.25, -0.2) is 9.59 Å². The second kappa shape index (κ2) is 7.82. The van der Waals surface area contributed by atoms with E-state index in [1.807, 2.05) is 48.5 Å². The van der Waals surface area contributed by atoms with Crippen LogP contribution in [0.15, 0.2) is 63.2 Å². The number of nitrogens with zero attached hydrogens (tertiary/aromatic N) is 3. The van der Waals surface area contributed by atoms with Gasteiger partial charge < -0.3 is 14.4 Å². The molecule has 5 aromatic rings. The predicted octanol–water partition coefficient (Wildman–Crippen LogP) is 3.86. The van der Waals surface area contributed by atoms with Crippen LogP contribution in [0.5, 0.6) is 6.01 Å². The van der Waals surface area contributed by atoms with Gasteiger partial charge in [0, 0.05) is 10.9 Å². The minimum absolute atomic E-state index is 0.225. The van der Waals surface area contributed by atoms with Gasteiger partial charge in [-0.1, -0.05) is 48.5 Å². The number of aromatic amines is 1. The number of benzene rings is 2. The maximum absolute atomic E-state index is 11.6. The number of hydrogen-bond acceptors (Lipinski definition) is 7. The minimum Gasteiger partial charge on any atom is -0.477 e. The highest BCUT2D eigenvalue weighted by Gasteiger charge is 2.21. The Hall–Kier alpha value is -4.18. The van der Waals surface area contributed by atoms with E-state index in [-0.39, 0.29) is 4.88 Å². The summed E-state index contributed by atoms with van der Waals surface area (Å²) in [7, 11) is 1.51. The quantitative estimate of drug-likeness (QED) is 0.404. The van der Waals surface area contributed by atoms with Gasteiger partial charge in [-0.05, 0) is 16.7 Å². The number of hydrogen-bond donors (Lipinski definition) is 2. The number of aromatic carboxylic acids is 1. The third kappa shape index (κ3) is 3.36. The second-order valence-electron chi connectivity index (χ2n) is 6.96. The Morgan fingerprint density at radius 2 is 1.91 bits per heavy atom. The van der Waals surface area contributed by atoms with Crippen LogP contribution in [0.3, 0.4) is 0 Å². The van der Waals surface area contributed by atoms with Gasteiger partial charge >= 0.3 is 11.7 Å². The van der Waals surface area contributed by atoms with Crippen LogP contribution < -0.4 is 10.5 Å². The first-order valence-corrected chi connectivity index (χ1v) is 10.4. The molecule has 0 aliphatic carbocycles. The van der Waals surface area contributed by atoms with Crippen molar-refractivity contribution in [1.29, 1.82) is 0 Å². The van der Waals surface area contributed by atoms with Crippen molar-refractivity contribution in [2.45, 2.75) is 6.54 Å². The molecule has 2 N–H and O–H groups in total. The van der Waals surface area contributed by atoms with E-state index in [2.05, 4.69) is 15.1 Å². The standard InChI is InChI=1S/C22H16N4O5S/c1-30-21-23-16-11-32-18(20(27)28)17(16)26(21)10-12-6-8-13(9-7-12)14-4-2-3-5-15(14)19-24-22(29)31-25-19/h2-9,11H,10H2,1H3,(H,27,28)(H,24,25,29). The summed E-state index contributed by atoms with van der Waals surface area (Å²) in [6.07, 6.45) is 0. The first kappa shape index (κ1) is 19.8. The van der Waals surface area contributed by atoms with Crippen LogP contribution >= 0.6 is 11.3 Å². The monoisotopic (exact) mass is 448 g/mol. The minimum atomic E-state index is -0.994. The number of nitrogens with one attached hydrogen (secondary N) is 1. The number of imidazole rings is 1. The lowest BCUT2D eigenvalue weighted by molar-refractivity contribution is 0.0703. The van der Waals surface area contributed by atoms with Crippen molar-refractivity contribution >= 4 is 28.3 Å². The molecule has 3 aromatic heterocycles. The lowest BCUT2D eigenvalue weighted by Gasteiger charge is -2.11. The number of methoxy groups -OCH3 is 1. The predicted molar refractivity (Wildman–Crippen MR) is 118 cm³/mol. The second-order valence-corrected chi connectivity index (χ2v) is 7.84. The molecule has 0 bridgehead atoms. The Labute approximate surface area is 184 Å². The van der Waals surface area contributed by atoms with Crippen molar-refractivity contribution in [3.8, 4) is 28.5 Å². The molecule has 0 saturated carbocycles. The van der Waals surface area contributed by atoms with Gasteiger partial charge in [-0.2, -0.15) is 15.1 Å². The molecule has 0 radical (unpaired) electrons. The average molecular weight is 448 g/mol. The van der Waals surface area contributed by atoms with Crippen molar-refractivity contribution in [3.63, 3.8) is 0 Å². The number of carboxylic acids is 1. The fourth-order valence-corrected chi connectivity index (χ4v) is 4.47. The van der Waals surface area contributed by atoms with Gasteiger partial charge in [0.2, 0.25) is 0 Å². The van der Waals surface area contributed by atoms with Gasteiger partial charge in [0.25, 0.3) is 6.01 Å². The number of carbonyl (C=O) groups is 1. The highest BCUT2D eigenvalue weighted by Crippen LogP contribution is 2.32. The fraction of sp³-hybridized carbons (Fsp3) is 0.0909. The summed E-state index contributed by atoms with van der Waals surface area (Å²) in [6.45, 7) is 0.398. The van der Waals surface area contributed by atoms with E-state index in [0.717, 1.165) is 33.6 Å². The van der Waals surface area contributed by atoms with E-state index in [9.17, 15) is 14.7 Å². The van der Waals surface area contributed by atoms with Gasteiger partial charge in [0.15, 0.2) is 5.82 Å². The topological polar surface area (TPSA) is 123 Å². The molecule has 0 spiro atoms. The molecule has 0 aliphatic heterocycles. The number of carboxylic acid groups (broad SMARTS) is 1. The Kier molecular flexibility index (Phi) is 4.83. The maximum Gasteiger partial charge on any atom is 0.460 e. The van der Waals surface area contributed by atoms with Crippen LogP contribution in [-0.4, -0.2) is 37.9 Å². The average Bonchev–Trinajstić information content (AvgIpc) is 3.50. The van der Waals surface area contributed by atoms with Crippen LogP contribution in [0.25, 0.3) is 33.5 Å². The molecule has 0 unspecified atom stereocenters. The number of H-pyrrole nitrogens is 1. The number of thiophene rings is 1. The molecule has 0 atom stereocenters. The first-order chi connectivity index (χ1) is 15.5. The largest absolute Gasteiger partial charge is 0.477 e. The van der Waals surface area contributed by atoms with Crippen LogP contribution in [0.4, 0.5) is 0 Å². The zero-order valence-corrected chi connectivity index (χ0v) is 17.5. The van der Waals surface area contributed by atoms with Crippen molar-refractivity contribution in [2.75, 3.05) is 7.11 Å². The molecule has 0 fully saturated rings. The van der Waals surface area contributed by atoms with Crippen LogP contribution in [0.2, 0.25) is 0 Å². The van der Waals surface area contributed by atoms with E-state index in [0.29, 0.717) is 29.4 Å². The molecule has 2 aromatic carbocycles. The van der Waals surface area contributed by atoms with Gasteiger partial charge in [-0.15, -0.1) is 11.3 Å². The maximum atomic E-state index is 11.6. The van der Waals surface area contributed by atoms with Crippen LogP contribution in [0.1, 0.15) is 15.2 Å². The number of rotatable bonds is 6. The Balaban J connectivity index is 1.51. The highest BCUT2D eigenvalue weighted by atomic mass is 32.1. The van der Waals surface area contributed by atoms with Crippen molar-refractivity contribution in [2.24, 2.45) is 0 Å². The molecular weight excluding hydrogens is 432 g/mol. The van der Waals surface area contributed by atoms with Gasteiger partial charge in [0.1, 0.15) is 10.4 Å². The van der Waals surface area contributed by atoms with E-state index >= 15 is 0 Å². The van der Waals surface area contributed by atoms with Crippen molar-refractivity contribution in [3.05, 3.63) is 74.9 Å². The highest BCUT2D eigenvalue weighted by molar-refractivity contribution is 7.13. The third-order valence-corrected chi connectivity index (χ3v) is 6.01. The van der Waals surface area contributed by atoms with E-state index in [1.54, 1.807) is 9.95 Å². The molecule has 160 valence electrons. The van der Waals surface area contributed by atoms with Crippen molar-refractivity contribution < 1.29 is 19.2 Å². The normalized spacial score (nSPS) is 11.2. The summed E-state index contributed by atoms with van der Waals surface area (Å²) in [6, 6.07) is 15.7. The molecule has 0 aliphatic rings. The zero-order chi connectivity index (χ0) is 22.2. The summed E-state index contributed by atoms with van der Waals surface area (Å²) in [5, 5.41) is 13.8. The SMILES string of the molecule is COc1nc2csc(C(=O)O)c2n1Cc1ccc(-c2ccccc2-c2nc(=O)o[nH]2)cc1. The lowest BCUT2D eigenvalue weighted by Crippen LogP contribution is -2.05. The number of aromatic nitrogens is 4. The molecule has 0 saturated heterocycles. The fourth-order valence-electron chi connectivity index (χ4n) is 3.65. The molecule has 32 heavy (non-hydrogen) atoms. The first-order valence-electron chi connectivity index (χ1n) is 9.54. The molecule has 9 nitrogen and oxygen atoms in total. The smallest absolute Gasteiger partial charge is 0.460 e. The summed E-state index contributed by atoms with van der Waals surface area (Å²) in [5.74, 6) is -1.31. The molecule has 5 rings (SSSR count). The molecule has 10 heteroatoms. The van der Waals surface area contributed by atoms with Gasteiger partial charge in [0.05, 0.1) is 19.2 Å². The summed E-state index contributed by atoms with van der Waals surface area (Å²) < 4.78 is 11.8. The Morgan fingerprint density at radius 3 is 2.56 bits per heavy atom. The van der Waals surface area contributed by atoms with E-state index < -0.39 is 11.7 Å². The summed E-state index contributed by atoms with van der Waals surface area (Å²) in [4.78, 5) is 31.4. The third-order valence-electron chi connectivity index (χ3n) is 5.07. The van der Waals surface area contributed by atoms with Crippen LogP contribution in [-0.2, 0) is 6.54 Å². The Bertz CT molecular complexity index is 1490. The number of ether oxygens (including phenoxy) is 1. The summed E-state index contributed by atoms with van der Waals surface area (Å²) in [5.41, 5.74) is 4.64. The van der Waals surface area contributed by atoms with E-state index in [1.165, 1.54) is 7.11 Å². The molecule has 3 heterocycles. The zero-order valence-electron chi connectivity index (χ0n) is 16.7. The van der Waals surface area contributed by atoms with Crippen LogP contribution in [0, 0.1) is 0 Å². The van der Waals surface area contributed by atoms with E-state index in [4.69, 9.17) is 9.26 Å². The molecular formula is C22H16N4O5S. The summed E-state index contributed by atoms with van der Waals surface area (Å²) >= 11 is 1.15. The van der Waals surface area contributed by atoms with Gasteiger partial charge in [-0.3, -0.25) is 4.57 Å². The van der Waals surface area contributed by atoms with Crippen molar-refractivity contribution in [1.82, 2.24) is 19.7 Å². The lowest BCUT2D eigenvalue weighted by atomic mass is 9.98. The number of fused-ring (bicyclic) bond motifs is 1. The Morgan fingerprint density at radius 1 is 1.16 bits per heavy atom.